The summed E-state index contributed by atoms with van der Waals surface area (Å²) in [6.07, 6.45) is 15.9. The van der Waals surface area contributed by atoms with Crippen LogP contribution in [-0.2, 0) is 0 Å². The number of likely N-dealkylation sites (tertiary alicyclic amines) is 1. The first-order valence-electron chi connectivity index (χ1n) is 8.07. The Morgan fingerprint density at radius 3 is 2.17 bits per heavy atom. The van der Waals surface area contributed by atoms with E-state index in [0.717, 1.165) is 5.92 Å². The lowest BCUT2D eigenvalue weighted by molar-refractivity contribution is 0.199. The normalized spacial score (nSPS) is 21.3. The standard InChI is InChI=1S/C16H32BrN/c1-18-14-10-12-16(15-18)11-8-6-4-2-3-5-7-9-13-17/h16H,2-15H2,1H3. The predicted octanol–water partition coefficient (Wildman–Crippen LogP) is 5.23. The van der Waals surface area contributed by atoms with Crippen molar-refractivity contribution in [3.05, 3.63) is 0 Å². The molecular formula is C16H32BrN. The average Bonchev–Trinajstić information content (AvgIpc) is 2.37. The molecule has 1 nitrogen and oxygen atoms in total. The van der Waals surface area contributed by atoms with Crippen LogP contribution in [0.1, 0.15) is 70.6 Å². The number of nitrogens with zero attached hydrogens (tertiary/aromatic N) is 1. The Labute approximate surface area is 123 Å². The van der Waals surface area contributed by atoms with Crippen molar-refractivity contribution in [3.63, 3.8) is 0 Å². The van der Waals surface area contributed by atoms with Crippen molar-refractivity contribution < 1.29 is 0 Å². The van der Waals surface area contributed by atoms with Crippen LogP contribution in [0.3, 0.4) is 0 Å². The van der Waals surface area contributed by atoms with Gasteiger partial charge in [0.05, 0.1) is 0 Å². The molecule has 1 heterocycles. The molecule has 0 aromatic carbocycles. The van der Waals surface area contributed by atoms with Gasteiger partial charge in [-0.05, 0) is 45.2 Å². The Hall–Kier alpha value is 0.440. The molecule has 0 amide bonds. The summed E-state index contributed by atoms with van der Waals surface area (Å²) < 4.78 is 0. The van der Waals surface area contributed by atoms with Crippen molar-refractivity contribution in [3.8, 4) is 0 Å². The van der Waals surface area contributed by atoms with Gasteiger partial charge in [-0.3, -0.25) is 0 Å². The summed E-state index contributed by atoms with van der Waals surface area (Å²) in [5.41, 5.74) is 0. The Balaban J connectivity index is 1.80. The van der Waals surface area contributed by atoms with Crippen molar-refractivity contribution in [1.29, 1.82) is 0 Å². The van der Waals surface area contributed by atoms with Gasteiger partial charge < -0.3 is 4.90 Å². The van der Waals surface area contributed by atoms with Gasteiger partial charge in [0.1, 0.15) is 0 Å². The van der Waals surface area contributed by atoms with Gasteiger partial charge in [-0.15, -0.1) is 0 Å². The molecule has 1 aliphatic rings. The van der Waals surface area contributed by atoms with Crippen LogP contribution in [0.25, 0.3) is 0 Å². The first-order valence-corrected chi connectivity index (χ1v) is 9.19. The molecule has 1 fully saturated rings. The minimum Gasteiger partial charge on any atom is -0.306 e. The number of piperidine rings is 1. The summed E-state index contributed by atoms with van der Waals surface area (Å²) in [5, 5.41) is 1.18. The molecule has 0 N–H and O–H groups in total. The van der Waals surface area contributed by atoms with E-state index in [4.69, 9.17) is 0 Å². The van der Waals surface area contributed by atoms with Crippen molar-refractivity contribution in [2.75, 3.05) is 25.5 Å². The fourth-order valence-electron chi connectivity index (χ4n) is 3.10. The molecule has 2 heteroatoms. The van der Waals surface area contributed by atoms with E-state index in [0.29, 0.717) is 0 Å². The van der Waals surface area contributed by atoms with Gasteiger partial charge in [0.25, 0.3) is 0 Å². The summed E-state index contributed by atoms with van der Waals surface area (Å²) >= 11 is 3.49. The van der Waals surface area contributed by atoms with E-state index in [1.165, 1.54) is 89.0 Å². The molecule has 18 heavy (non-hydrogen) atoms. The van der Waals surface area contributed by atoms with Crippen molar-refractivity contribution in [2.45, 2.75) is 70.6 Å². The fraction of sp³-hybridized carbons (Fsp3) is 1.00. The zero-order valence-electron chi connectivity index (χ0n) is 12.3. The predicted molar refractivity (Wildman–Crippen MR) is 85.6 cm³/mol. The van der Waals surface area contributed by atoms with E-state index in [-0.39, 0.29) is 0 Å². The van der Waals surface area contributed by atoms with Crippen molar-refractivity contribution in [2.24, 2.45) is 5.92 Å². The van der Waals surface area contributed by atoms with Crippen LogP contribution >= 0.6 is 15.9 Å². The van der Waals surface area contributed by atoms with Crippen molar-refractivity contribution >= 4 is 15.9 Å². The lowest BCUT2D eigenvalue weighted by Crippen LogP contribution is -2.31. The highest BCUT2D eigenvalue weighted by atomic mass is 79.9. The van der Waals surface area contributed by atoms with Crippen LogP contribution in [0.5, 0.6) is 0 Å². The van der Waals surface area contributed by atoms with Gasteiger partial charge in [0, 0.05) is 11.9 Å². The SMILES string of the molecule is CN1CCCC(CCCCCCCCCCBr)C1. The lowest BCUT2D eigenvalue weighted by Gasteiger charge is -2.29. The molecule has 1 saturated heterocycles. The summed E-state index contributed by atoms with van der Waals surface area (Å²) in [4.78, 5) is 2.51. The largest absolute Gasteiger partial charge is 0.306 e. The van der Waals surface area contributed by atoms with Crippen LogP contribution in [0, 0.1) is 5.92 Å². The zero-order valence-corrected chi connectivity index (χ0v) is 13.9. The third kappa shape index (κ3) is 8.53. The van der Waals surface area contributed by atoms with Gasteiger partial charge in [0.2, 0.25) is 0 Å². The first-order chi connectivity index (χ1) is 8.83. The van der Waals surface area contributed by atoms with E-state index in [9.17, 15) is 0 Å². The topological polar surface area (TPSA) is 3.24 Å². The molecule has 0 bridgehead atoms. The van der Waals surface area contributed by atoms with E-state index in [1.54, 1.807) is 0 Å². The molecule has 1 unspecified atom stereocenters. The zero-order chi connectivity index (χ0) is 13.1. The fourth-order valence-corrected chi connectivity index (χ4v) is 3.49. The van der Waals surface area contributed by atoms with E-state index >= 15 is 0 Å². The monoisotopic (exact) mass is 317 g/mol. The highest BCUT2D eigenvalue weighted by Crippen LogP contribution is 2.21. The average molecular weight is 318 g/mol. The van der Waals surface area contributed by atoms with Gasteiger partial charge in [-0.1, -0.05) is 60.9 Å². The third-order valence-electron chi connectivity index (χ3n) is 4.22. The van der Waals surface area contributed by atoms with Crippen LogP contribution in [0.4, 0.5) is 0 Å². The second-order valence-corrected chi connectivity index (χ2v) is 6.87. The molecule has 1 aliphatic heterocycles. The maximum Gasteiger partial charge on any atom is 0.00313 e. The Kier molecular flexibility index (Phi) is 10.3. The second-order valence-electron chi connectivity index (χ2n) is 6.08. The molecule has 0 saturated carbocycles. The summed E-state index contributed by atoms with van der Waals surface area (Å²) in [6.45, 7) is 2.68. The molecule has 108 valence electrons. The molecule has 1 rings (SSSR count). The number of halogens is 1. The molecular weight excluding hydrogens is 286 g/mol. The van der Waals surface area contributed by atoms with Gasteiger partial charge in [0.15, 0.2) is 0 Å². The molecule has 0 aromatic rings. The first kappa shape index (κ1) is 16.5. The Morgan fingerprint density at radius 2 is 1.56 bits per heavy atom. The van der Waals surface area contributed by atoms with Gasteiger partial charge in [-0.25, -0.2) is 0 Å². The van der Waals surface area contributed by atoms with Gasteiger partial charge >= 0.3 is 0 Å². The quantitative estimate of drug-likeness (QED) is 0.393. The molecule has 1 atom stereocenters. The van der Waals surface area contributed by atoms with Crippen LogP contribution in [-0.4, -0.2) is 30.4 Å². The maximum absolute atomic E-state index is 3.49. The van der Waals surface area contributed by atoms with Gasteiger partial charge in [-0.2, -0.15) is 0 Å². The minimum absolute atomic E-state index is 1.00. The Bertz CT molecular complexity index is 184. The third-order valence-corrected chi connectivity index (χ3v) is 4.78. The summed E-state index contributed by atoms with van der Waals surface area (Å²) in [7, 11) is 2.28. The van der Waals surface area contributed by atoms with Crippen LogP contribution < -0.4 is 0 Å². The highest BCUT2D eigenvalue weighted by Gasteiger charge is 2.16. The summed E-state index contributed by atoms with van der Waals surface area (Å²) in [6, 6.07) is 0. The minimum atomic E-state index is 1.00. The van der Waals surface area contributed by atoms with Crippen LogP contribution in [0.15, 0.2) is 0 Å². The van der Waals surface area contributed by atoms with E-state index in [2.05, 4.69) is 27.9 Å². The molecule has 0 aromatic heterocycles. The molecule has 0 spiro atoms. The lowest BCUT2D eigenvalue weighted by atomic mass is 9.92. The smallest absolute Gasteiger partial charge is 0.00313 e. The molecule has 0 radical (unpaired) electrons. The number of hydrogen-bond acceptors (Lipinski definition) is 1. The summed E-state index contributed by atoms with van der Waals surface area (Å²) in [5.74, 6) is 1.00. The van der Waals surface area contributed by atoms with Crippen LogP contribution in [0.2, 0.25) is 0 Å². The highest BCUT2D eigenvalue weighted by molar-refractivity contribution is 9.09. The number of alkyl halides is 1. The second kappa shape index (κ2) is 11.3. The Morgan fingerprint density at radius 1 is 0.944 bits per heavy atom. The molecule has 0 aliphatic carbocycles. The van der Waals surface area contributed by atoms with E-state index < -0.39 is 0 Å². The number of rotatable bonds is 10. The van der Waals surface area contributed by atoms with E-state index in [1.807, 2.05) is 0 Å². The van der Waals surface area contributed by atoms with Crippen molar-refractivity contribution in [1.82, 2.24) is 4.90 Å². The maximum atomic E-state index is 3.49. The number of unbranched alkanes of at least 4 members (excludes halogenated alkanes) is 7. The number of hydrogen-bond donors (Lipinski definition) is 0.